The molecule has 0 aliphatic carbocycles. The fourth-order valence-electron chi connectivity index (χ4n) is 4.13. The number of aliphatic hydroxyl groups is 1. The number of Topliss-reactive ketones (excluding diaryl/α,β-unsaturated/α-hetero) is 1. The first-order valence-corrected chi connectivity index (χ1v) is 12.1. The Morgan fingerprint density at radius 3 is 2.46 bits per heavy atom. The van der Waals surface area contributed by atoms with Crippen molar-refractivity contribution < 1.29 is 29.2 Å². The van der Waals surface area contributed by atoms with Crippen LogP contribution in [-0.4, -0.2) is 39.3 Å². The van der Waals surface area contributed by atoms with E-state index in [2.05, 4.69) is 4.98 Å². The highest BCUT2D eigenvalue weighted by Gasteiger charge is 2.48. The van der Waals surface area contributed by atoms with Crippen LogP contribution in [0.5, 0.6) is 0 Å². The number of carbonyl (C=O) groups is 3. The van der Waals surface area contributed by atoms with Crippen LogP contribution in [0.25, 0.3) is 5.76 Å². The second-order valence-corrected chi connectivity index (χ2v) is 9.45. The lowest BCUT2D eigenvalue weighted by Gasteiger charge is -2.23. The summed E-state index contributed by atoms with van der Waals surface area (Å²) in [4.78, 5) is 55.4. The minimum absolute atomic E-state index is 0.0611. The number of esters is 1. The predicted molar refractivity (Wildman–Crippen MR) is 137 cm³/mol. The molecular weight excluding hydrogens is 498 g/mol. The number of nitro benzene ring substituents is 1. The number of ketones is 1. The van der Waals surface area contributed by atoms with E-state index >= 15 is 0 Å². The molecule has 1 unspecified atom stereocenters. The van der Waals surface area contributed by atoms with Gasteiger partial charge in [0.05, 0.1) is 28.8 Å². The summed E-state index contributed by atoms with van der Waals surface area (Å²) >= 11 is 0.887. The summed E-state index contributed by atoms with van der Waals surface area (Å²) in [6, 6.07) is 9.56. The highest BCUT2D eigenvalue weighted by Crippen LogP contribution is 2.44. The molecular formula is C26H23N3O7S. The van der Waals surface area contributed by atoms with Crippen LogP contribution in [0.1, 0.15) is 50.6 Å². The van der Waals surface area contributed by atoms with E-state index in [4.69, 9.17) is 4.74 Å². The van der Waals surface area contributed by atoms with Gasteiger partial charge in [-0.15, -0.1) is 0 Å². The molecule has 0 radical (unpaired) electrons. The van der Waals surface area contributed by atoms with Crippen LogP contribution in [0.2, 0.25) is 0 Å². The zero-order valence-electron chi connectivity index (χ0n) is 20.5. The monoisotopic (exact) mass is 521 g/mol. The van der Waals surface area contributed by atoms with Gasteiger partial charge in [-0.25, -0.2) is 9.78 Å². The minimum atomic E-state index is -1.14. The molecule has 1 fully saturated rings. The number of thiazole rings is 1. The molecule has 11 heteroatoms. The summed E-state index contributed by atoms with van der Waals surface area (Å²) < 4.78 is 5.07. The first-order valence-electron chi connectivity index (χ1n) is 11.3. The van der Waals surface area contributed by atoms with Gasteiger partial charge < -0.3 is 9.84 Å². The van der Waals surface area contributed by atoms with Crippen molar-refractivity contribution in [1.29, 1.82) is 0 Å². The SMILES string of the molecule is CCOC(=O)c1sc(N2C(=O)C(=O)/C(=C(/O)c3cc(C)ccc3C)C2c2ccc([N+](=O)[O-])cc2)nc1C. The topological polar surface area (TPSA) is 140 Å². The number of nitrogens with zero attached hydrogens (tertiary/aromatic N) is 3. The highest BCUT2D eigenvalue weighted by molar-refractivity contribution is 7.17. The molecule has 1 saturated heterocycles. The van der Waals surface area contributed by atoms with Crippen LogP contribution in [0.15, 0.2) is 48.0 Å². The van der Waals surface area contributed by atoms with Gasteiger partial charge in [-0.1, -0.05) is 29.0 Å². The van der Waals surface area contributed by atoms with Crippen LogP contribution in [0.3, 0.4) is 0 Å². The second kappa shape index (κ2) is 9.94. The zero-order valence-corrected chi connectivity index (χ0v) is 21.3. The maximum atomic E-state index is 13.4. The smallest absolute Gasteiger partial charge is 0.350 e. The van der Waals surface area contributed by atoms with E-state index in [1.807, 2.05) is 13.0 Å². The van der Waals surface area contributed by atoms with E-state index in [1.54, 1.807) is 32.9 Å². The summed E-state index contributed by atoms with van der Waals surface area (Å²) in [6.07, 6.45) is 0. The number of ether oxygens (including phenoxy) is 1. The van der Waals surface area contributed by atoms with Crippen molar-refractivity contribution in [2.45, 2.75) is 33.7 Å². The number of non-ortho nitro benzene ring substituents is 1. The van der Waals surface area contributed by atoms with Gasteiger partial charge in [0.1, 0.15) is 10.6 Å². The van der Waals surface area contributed by atoms with Gasteiger partial charge in [0, 0.05) is 17.7 Å². The molecule has 1 aliphatic heterocycles. The first kappa shape index (κ1) is 25.7. The number of benzene rings is 2. The van der Waals surface area contributed by atoms with Gasteiger partial charge >= 0.3 is 11.9 Å². The summed E-state index contributed by atoms with van der Waals surface area (Å²) in [5.41, 5.74) is 2.21. The summed E-state index contributed by atoms with van der Waals surface area (Å²) in [7, 11) is 0. The van der Waals surface area contributed by atoms with E-state index in [9.17, 15) is 29.6 Å². The van der Waals surface area contributed by atoms with E-state index in [0.29, 0.717) is 22.4 Å². The molecule has 190 valence electrons. The number of hydrogen-bond acceptors (Lipinski definition) is 9. The fraction of sp³-hybridized carbons (Fsp3) is 0.231. The average Bonchev–Trinajstić information content (AvgIpc) is 3.37. The molecule has 1 amide bonds. The molecule has 37 heavy (non-hydrogen) atoms. The first-order chi connectivity index (χ1) is 17.5. The molecule has 0 spiro atoms. The number of aliphatic hydroxyl groups excluding tert-OH is 1. The number of aromatic nitrogens is 1. The molecule has 3 aromatic rings. The Bertz CT molecular complexity index is 1470. The Labute approximate surface area is 216 Å². The standard InChI is InChI=1S/C26H23N3O7S/c1-5-36-25(33)23-15(4)27-26(37-23)28-20(16-8-10-17(11-9-16)29(34)35)19(22(31)24(28)32)21(30)18-12-13(2)6-7-14(18)3/h6-12,20,30H,5H2,1-4H3/b21-19+. The molecule has 1 aliphatic rings. The van der Waals surface area contributed by atoms with Crippen LogP contribution in [0, 0.1) is 30.9 Å². The van der Waals surface area contributed by atoms with Crippen molar-refractivity contribution in [2.24, 2.45) is 0 Å². The highest BCUT2D eigenvalue weighted by atomic mass is 32.1. The molecule has 0 saturated carbocycles. The summed E-state index contributed by atoms with van der Waals surface area (Å²) in [5, 5.41) is 22.6. The number of anilines is 1. The Hall–Kier alpha value is -4.38. The second-order valence-electron chi connectivity index (χ2n) is 8.47. The van der Waals surface area contributed by atoms with E-state index in [1.165, 1.54) is 24.3 Å². The lowest BCUT2D eigenvalue weighted by atomic mass is 9.93. The molecule has 4 rings (SSSR count). The molecule has 2 heterocycles. The third kappa shape index (κ3) is 4.60. The van der Waals surface area contributed by atoms with Crippen LogP contribution >= 0.6 is 11.3 Å². The van der Waals surface area contributed by atoms with Crippen molar-refractivity contribution >= 4 is 45.6 Å². The Balaban J connectivity index is 1.95. The van der Waals surface area contributed by atoms with Crippen molar-refractivity contribution in [3.05, 3.63) is 91.0 Å². The maximum Gasteiger partial charge on any atom is 0.350 e. The molecule has 1 N–H and O–H groups in total. The normalized spacial score (nSPS) is 16.8. The minimum Gasteiger partial charge on any atom is -0.507 e. The largest absolute Gasteiger partial charge is 0.507 e. The fourth-order valence-corrected chi connectivity index (χ4v) is 5.12. The lowest BCUT2D eigenvalue weighted by Crippen LogP contribution is -2.29. The van der Waals surface area contributed by atoms with Gasteiger partial charge in [-0.05, 0) is 57.0 Å². The van der Waals surface area contributed by atoms with E-state index in [0.717, 1.165) is 21.8 Å². The Morgan fingerprint density at radius 2 is 1.84 bits per heavy atom. The summed E-state index contributed by atoms with van der Waals surface area (Å²) in [6.45, 7) is 6.99. The van der Waals surface area contributed by atoms with Crippen LogP contribution in [0.4, 0.5) is 10.8 Å². The van der Waals surface area contributed by atoms with Crippen molar-refractivity contribution in [1.82, 2.24) is 4.98 Å². The summed E-state index contributed by atoms with van der Waals surface area (Å²) in [5.74, 6) is -2.86. The number of aryl methyl sites for hydroxylation is 3. The molecule has 1 aromatic heterocycles. The van der Waals surface area contributed by atoms with Gasteiger partial charge in [0.25, 0.3) is 11.5 Å². The average molecular weight is 522 g/mol. The maximum absolute atomic E-state index is 13.4. The number of amides is 1. The van der Waals surface area contributed by atoms with Gasteiger partial charge in [0.2, 0.25) is 0 Å². The molecule has 10 nitrogen and oxygen atoms in total. The molecule has 0 bridgehead atoms. The van der Waals surface area contributed by atoms with E-state index < -0.39 is 28.6 Å². The number of hydrogen-bond donors (Lipinski definition) is 1. The lowest BCUT2D eigenvalue weighted by molar-refractivity contribution is -0.384. The van der Waals surface area contributed by atoms with E-state index in [-0.39, 0.29) is 33.6 Å². The number of rotatable bonds is 6. The van der Waals surface area contributed by atoms with Gasteiger partial charge in [-0.3, -0.25) is 24.6 Å². The molecule has 2 aromatic carbocycles. The Morgan fingerprint density at radius 1 is 1.16 bits per heavy atom. The molecule has 1 atom stereocenters. The van der Waals surface area contributed by atoms with Crippen molar-refractivity contribution in [2.75, 3.05) is 11.5 Å². The predicted octanol–water partition coefficient (Wildman–Crippen LogP) is 4.78. The van der Waals surface area contributed by atoms with Gasteiger partial charge in [-0.2, -0.15) is 0 Å². The zero-order chi connectivity index (χ0) is 27.0. The third-order valence-corrected chi connectivity index (χ3v) is 7.10. The number of carbonyl (C=O) groups excluding carboxylic acids is 3. The third-order valence-electron chi connectivity index (χ3n) is 5.96. The van der Waals surface area contributed by atoms with Crippen molar-refractivity contribution in [3.63, 3.8) is 0 Å². The van der Waals surface area contributed by atoms with Crippen molar-refractivity contribution in [3.8, 4) is 0 Å². The van der Waals surface area contributed by atoms with Gasteiger partial charge in [0.15, 0.2) is 5.13 Å². The van der Waals surface area contributed by atoms with Crippen LogP contribution in [-0.2, 0) is 14.3 Å². The Kier molecular flexibility index (Phi) is 6.90. The number of nitro groups is 1. The van der Waals surface area contributed by atoms with Crippen LogP contribution < -0.4 is 4.90 Å². The quantitative estimate of drug-likeness (QED) is 0.122.